The summed E-state index contributed by atoms with van der Waals surface area (Å²) >= 11 is 0. The monoisotopic (exact) mass is 262 g/mol. The molecule has 1 aliphatic rings. The molecule has 2 heterocycles. The zero-order valence-electron chi connectivity index (χ0n) is 10.8. The van der Waals surface area contributed by atoms with Crippen LogP contribution in [0.25, 0.3) is 0 Å². The first-order valence-electron chi connectivity index (χ1n) is 6.68. The van der Waals surface area contributed by atoms with Crippen LogP contribution in [0.15, 0.2) is 4.42 Å². The Bertz CT molecular complexity index is 546. The van der Waals surface area contributed by atoms with Crippen molar-refractivity contribution >= 4 is 6.01 Å². The summed E-state index contributed by atoms with van der Waals surface area (Å²) in [6.07, 6.45) is 5.96. The van der Waals surface area contributed by atoms with Gasteiger partial charge in [-0.2, -0.15) is 5.10 Å². The van der Waals surface area contributed by atoms with Crippen LogP contribution >= 0.6 is 0 Å². The van der Waals surface area contributed by atoms with E-state index in [-0.39, 0.29) is 6.54 Å². The zero-order chi connectivity index (χ0) is 13.1. The second kappa shape index (κ2) is 5.40. The van der Waals surface area contributed by atoms with Crippen molar-refractivity contribution in [3.8, 4) is 0 Å². The Labute approximate surface area is 111 Å². The van der Waals surface area contributed by atoms with E-state index in [1.54, 1.807) is 0 Å². The Kier molecular flexibility index (Phi) is 3.45. The maximum atomic E-state index is 5.42. The predicted molar refractivity (Wildman–Crippen MR) is 69.4 cm³/mol. The van der Waals surface area contributed by atoms with Crippen LogP contribution in [-0.2, 0) is 25.9 Å². The minimum absolute atomic E-state index is 0.256. The van der Waals surface area contributed by atoms with Crippen molar-refractivity contribution in [1.82, 2.24) is 20.4 Å². The van der Waals surface area contributed by atoms with Crippen molar-refractivity contribution < 1.29 is 4.42 Å². The van der Waals surface area contributed by atoms with Gasteiger partial charge in [-0.05, 0) is 31.2 Å². The second-order valence-corrected chi connectivity index (χ2v) is 4.75. The number of aryl methyl sites for hydroxylation is 1. The average molecular weight is 262 g/mol. The van der Waals surface area contributed by atoms with Crippen molar-refractivity contribution in [2.24, 2.45) is 5.73 Å². The fourth-order valence-electron chi connectivity index (χ4n) is 2.44. The van der Waals surface area contributed by atoms with E-state index < -0.39 is 0 Å². The molecule has 0 saturated heterocycles. The second-order valence-electron chi connectivity index (χ2n) is 4.75. The Morgan fingerprint density at radius 1 is 1.21 bits per heavy atom. The van der Waals surface area contributed by atoms with Gasteiger partial charge in [0.15, 0.2) is 0 Å². The highest BCUT2D eigenvalue weighted by Gasteiger charge is 2.16. The van der Waals surface area contributed by atoms with Crippen molar-refractivity contribution in [3.05, 3.63) is 22.8 Å². The van der Waals surface area contributed by atoms with Crippen molar-refractivity contribution in [3.63, 3.8) is 0 Å². The Balaban J connectivity index is 1.68. The molecular weight excluding hydrogens is 244 g/mol. The lowest BCUT2D eigenvalue weighted by Crippen LogP contribution is -2.03. The van der Waals surface area contributed by atoms with Crippen LogP contribution in [-0.4, -0.2) is 20.4 Å². The molecule has 0 fully saturated rings. The quantitative estimate of drug-likeness (QED) is 0.713. The molecule has 3 rings (SSSR count). The highest BCUT2D eigenvalue weighted by Crippen LogP contribution is 2.22. The summed E-state index contributed by atoms with van der Waals surface area (Å²) in [6, 6.07) is 0.394. The molecule has 2 aromatic heterocycles. The molecule has 1 aliphatic carbocycles. The lowest BCUT2D eigenvalue weighted by molar-refractivity contribution is 0.507. The molecule has 0 spiro atoms. The maximum absolute atomic E-state index is 5.42. The summed E-state index contributed by atoms with van der Waals surface area (Å²) in [6.45, 7) is 0.852. The van der Waals surface area contributed by atoms with Crippen LogP contribution < -0.4 is 11.1 Å². The van der Waals surface area contributed by atoms with Crippen molar-refractivity contribution in [2.45, 2.75) is 45.2 Å². The third-order valence-corrected chi connectivity index (χ3v) is 3.44. The summed E-state index contributed by atoms with van der Waals surface area (Å²) in [5.74, 6) is 0.434. The minimum atomic E-state index is 0.256. The molecule has 0 aromatic carbocycles. The number of nitrogens with two attached hydrogens (primary N) is 1. The Hall–Kier alpha value is -1.89. The molecule has 19 heavy (non-hydrogen) atoms. The third kappa shape index (κ3) is 2.60. The highest BCUT2D eigenvalue weighted by molar-refractivity contribution is 5.30. The fraction of sp³-hybridized carbons (Fsp3) is 0.583. The molecule has 0 radical (unpaired) electrons. The molecule has 0 atom stereocenters. The number of H-pyrrole nitrogens is 1. The normalized spacial score (nSPS) is 15.0. The fourth-order valence-corrected chi connectivity index (χ4v) is 2.44. The van der Waals surface area contributed by atoms with Crippen LogP contribution in [0, 0.1) is 0 Å². The van der Waals surface area contributed by atoms with Gasteiger partial charge in [0.05, 0.1) is 18.8 Å². The standard InChI is InChI=1S/C12H18N6O/c13-6-11-17-18-12(19-11)14-7-10-8-4-2-1-3-5-9(8)15-16-10/h1-7,13H2,(H,14,18)(H,15,16). The van der Waals surface area contributed by atoms with Crippen LogP contribution in [0.1, 0.15) is 42.1 Å². The predicted octanol–water partition coefficient (Wildman–Crippen LogP) is 1.13. The summed E-state index contributed by atoms with van der Waals surface area (Å²) < 4.78 is 5.30. The molecular formula is C12H18N6O. The first-order chi connectivity index (χ1) is 9.36. The number of rotatable bonds is 4. The Morgan fingerprint density at radius 3 is 2.95 bits per heavy atom. The number of anilines is 1. The molecule has 4 N–H and O–H groups in total. The van der Waals surface area contributed by atoms with E-state index in [2.05, 4.69) is 25.7 Å². The molecule has 0 aliphatic heterocycles. The van der Waals surface area contributed by atoms with Crippen LogP contribution in [0.3, 0.4) is 0 Å². The first-order valence-corrected chi connectivity index (χ1v) is 6.68. The first kappa shape index (κ1) is 12.2. The van der Waals surface area contributed by atoms with Gasteiger partial charge in [-0.25, -0.2) is 0 Å². The van der Waals surface area contributed by atoms with Crippen LogP contribution in [0.4, 0.5) is 6.01 Å². The molecule has 0 saturated carbocycles. The van der Waals surface area contributed by atoms with Gasteiger partial charge in [0, 0.05) is 5.69 Å². The average Bonchev–Trinajstić information content (AvgIpc) is 2.97. The van der Waals surface area contributed by atoms with Crippen LogP contribution in [0.5, 0.6) is 0 Å². The molecule has 2 aromatic rings. The summed E-state index contributed by atoms with van der Waals surface area (Å²) in [4.78, 5) is 0. The molecule has 0 unspecified atom stereocenters. The van der Waals surface area contributed by atoms with E-state index in [4.69, 9.17) is 10.2 Å². The number of aromatic nitrogens is 4. The van der Waals surface area contributed by atoms with Crippen molar-refractivity contribution in [1.29, 1.82) is 0 Å². The van der Waals surface area contributed by atoms with Gasteiger partial charge in [0.1, 0.15) is 0 Å². The number of hydrogen-bond donors (Lipinski definition) is 3. The summed E-state index contributed by atoms with van der Waals surface area (Å²) in [5.41, 5.74) is 9.10. The molecule has 7 heteroatoms. The Morgan fingerprint density at radius 2 is 2.11 bits per heavy atom. The number of nitrogens with zero attached hydrogens (tertiary/aromatic N) is 3. The largest absolute Gasteiger partial charge is 0.407 e. The zero-order valence-corrected chi connectivity index (χ0v) is 10.8. The topological polar surface area (TPSA) is 106 Å². The molecule has 0 bridgehead atoms. The lowest BCUT2D eigenvalue weighted by atomic mass is 10.1. The van der Waals surface area contributed by atoms with E-state index in [0.29, 0.717) is 18.5 Å². The van der Waals surface area contributed by atoms with E-state index in [0.717, 1.165) is 18.5 Å². The van der Waals surface area contributed by atoms with Gasteiger partial charge in [0.25, 0.3) is 0 Å². The smallest absolute Gasteiger partial charge is 0.315 e. The molecule has 0 amide bonds. The van der Waals surface area contributed by atoms with Gasteiger partial charge in [-0.15, -0.1) is 5.10 Å². The number of nitrogens with one attached hydrogen (secondary N) is 2. The molecule has 102 valence electrons. The minimum Gasteiger partial charge on any atom is -0.407 e. The van der Waals surface area contributed by atoms with E-state index in [1.165, 1.54) is 30.5 Å². The van der Waals surface area contributed by atoms with Crippen LogP contribution in [0.2, 0.25) is 0 Å². The SMILES string of the molecule is NCc1nnc(NCc2n[nH]c3c2CCCCC3)o1. The summed E-state index contributed by atoms with van der Waals surface area (Å²) in [5, 5.41) is 18.3. The van der Waals surface area contributed by atoms with Gasteiger partial charge < -0.3 is 15.5 Å². The van der Waals surface area contributed by atoms with E-state index in [1.807, 2.05) is 0 Å². The van der Waals surface area contributed by atoms with Gasteiger partial charge in [-0.3, -0.25) is 5.10 Å². The van der Waals surface area contributed by atoms with E-state index >= 15 is 0 Å². The lowest BCUT2D eigenvalue weighted by Gasteiger charge is -2.02. The summed E-state index contributed by atoms with van der Waals surface area (Å²) in [7, 11) is 0. The highest BCUT2D eigenvalue weighted by atomic mass is 16.4. The van der Waals surface area contributed by atoms with Gasteiger partial charge in [0.2, 0.25) is 5.89 Å². The molecule has 7 nitrogen and oxygen atoms in total. The van der Waals surface area contributed by atoms with Gasteiger partial charge >= 0.3 is 6.01 Å². The van der Waals surface area contributed by atoms with E-state index in [9.17, 15) is 0 Å². The number of aromatic amines is 1. The van der Waals surface area contributed by atoms with Gasteiger partial charge in [-0.1, -0.05) is 11.5 Å². The van der Waals surface area contributed by atoms with Crippen molar-refractivity contribution in [2.75, 3.05) is 5.32 Å². The third-order valence-electron chi connectivity index (χ3n) is 3.44. The maximum Gasteiger partial charge on any atom is 0.315 e. The number of hydrogen-bond acceptors (Lipinski definition) is 6. The number of fused-ring (bicyclic) bond motifs is 1.